The third-order valence-electron chi connectivity index (χ3n) is 3.88. The van der Waals surface area contributed by atoms with Gasteiger partial charge in [-0.3, -0.25) is 4.79 Å². The van der Waals surface area contributed by atoms with Crippen molar-refractivity contribution in [3.8, 4) is 0 Å². The zero-order chi connectivity index (χ0) is 15.4. The molecule has 0 saturated carbocycles. The molecule has 1 amide bonds. The molecule has 124 valence electrons. The van der Waals surface area contributed by atoms with Crippen molar-refractivity contribution in [1.82, 2.24) is 5.32 Å². The van der Waals surface area contributed by atoms with E-state index < -0.39 is 23.7 Å². The first-order chi connectivity index (χ1) is 9.99. The Kier molecular flexibility index (Phi) is 7.19. The molecule has 1 saturated heterocycles. The van der Waals surface area contributed by atoms with Crippen LogP contribution in [0.3, 0.4) is 0 Å². The van der Waals surface area contributed by atoms with Gasteiger partial charge in [-0.15, -0.1) is 12.4 Å². The molecule has 0 radical (unpaired) electrons. The Morgan fingerprint density at radius 2 is 1.95 bits per heavy atom. The van der Waals surface area contributed by atoms with Crippen LogP contribution in [0.2, 0.25) is 0 Å². The van der Waals surface area contributed by atoms with Crippen molar-refractivity contribution in [2.45, 2.75) is 31.8 Å². The molecule has 0 spiro atoms. The summed E-state index contributed by atoms with van der Waals surface area (Å²) in [5.41, 5.74) is 6.47. The number of nitrogens with one attached hydrogen (secondary N) is 1. The summed E-state index contributed by atoms with van der Waals surface area (Å²) in [4.78, 5) is 12.1. The van der Waals surface area contributed by atoms with E-state index in [9.17, 15) is 13.6 Å². The molecule has 4 nitrogen and oxygen atoms in total. The lowest BCUT2D eigenvalue weighted by atomic mass is 9.91. The van der Waals surface area contributed by atoms with Crippen LogP contribution in [0.1, 0.15) is 31.4 Å². The van der Waals surface area contributed by atoms with Gasteiger partial charge in [0.2, 0.25) is 5.91 Å². The van der Waals surface area contributed by atoms with Gasteiger partial charge in [-0.05, 0) is 43.4 Å². The second kappa shape index (κ2) is 8.41. The largest absolute Gasteiger partial charge is 0.381 e. The maximum Gasteiger partial charge on any atom is 0.237 e. The fraction of sp³-hybridized carbons (Fsp3) is 0.533. The monoisotopic (exact) mass is 334 g/mol. The highest BCUT2D eigenvalue weighted by Gasteiger charge is 2.27. The lowest BCUT2D eigenvalue weighted by Gasteiger charge is -2.27. The van der Waals surface area contributed by atoms with Crippen molar-refractivity contribution in [2.75, 3.05) is 13.2 Å². The summed E-state index contributed by atoms with van der Waals surface area (Å²) >= 11 is 0. The van der Waals surface area contributed by atoms with Gasteiger partial charge in [0.1, 0.15) is 0 Å². The first kappa shape index (κ1) is 18.8. The Bertz CT molecular complexity index is 510. The van der Waals surface area contributed by atoms with E-state index in [4.69, 9.17) is 10.5 Å². The molecule has 1 aliphatic rings. The number of carbonyl (C=O) groups is 1. The number of benzene rings is 1. The van der Waals surface area contributed by atoms with Gasteiger partial charge in [0.05, 0.1) is 12.1 Å². The van der Waals surface area contributed by atoms with Gasteiger partial charge in [-0.1, -0.05) is 6.07 Å². The smallest absolute Gasteiger partial charge is 0.237 e. The number of nitrogens with two attached hydrogens (primary N) is 1. The molecule has 3 N–H and O–H groups in total. The van der Waals surface area contributed by atoms with Crippen LogP contribution in [0.25, 0.3) is 0 Å². The van der Waals surface area contributed by atoms with Crippen LogP contribution in [-0.4, -0.2) is 25.2 Å². The van der Waals surface area contributed by atoms with E-state index in [1.165, 1.54) is 6.07 Å². The Balaban J connectivity index is 0.00000242. The molecule has 1 aromatic rings. The number of amides is 1. The summed E-state index contributed by atoms with van der Waals surface area (Å²) < 4.78 is 31.3. The van der Waals surface area contributed by atoms with Crippen molar-refractivity contribution in [3.05, 3.63) is 35.4 Å². The minimum atomic E-state index is -0.928. The van der Waals surface area contributed by atoms with E-state index in [-0.39, 0.29) is 24.2 Å². The number of carbonyl (C=O) groups excluding carboxylic acids is 1. The first-order valence-corrected chi connectivity index (χ1v) is 7.07. The molecule has 1 aliphatic heterocycles. The Hall–Kier alpha value is -1.24. The molecule has 0 aromatic heterocycles. The second-order valence-electron chi connectivity index (χ2n) is 5.38. The Morgan fingerprint density at radius 3 is 2.55 bits per heavy atom. The molecule has 22 heavy (non-hydrogen) atoms. The van der Waals surface area contributed by atoms with Crippen LogP contribution >= 0.6 is 12.4 Å². The van der Waals surface area contributed by atoms with Crippen molar-refractivity contribution >= 4 is 18.3 Å². The highest BCUT2D eigenvalue weighted by molar-refractivity contribution is 5.85. The van der Waals surface area contributed by atoms with Crippen molar-refractivity contribution in [1.29, 1.82) is 0 Å². The van der Waals surface area contributed by atoms with Gasteiger partial charge in [0, 0.05) is 13.2 Å². The molecule has 0 aliphatic carbocycles. The van der Waals surface area contributed by atoms with Crippen molar-refractivity contribution in [3.63, 3.8) is 0 Å². The summed E-state index contributed by atoms with van der Waals surface area (Å²) in [6.07, 6.45) is 1.52. The fourth-order valence-corrected chi connectivity index (χ4v) is 2.46. The third-order valence-corrected chi connectivity index (χ3v) is 3.88. The van der Waals surface area contributed by atoms with E-state index in [0.717, 1.165) is 25.0 Å². The number of hydrogen-bond donors (Lipinski definition) is 2. The first-order valence-electron chi connectivity index (χ1n) is 7.07. The standard InChI is InChI=1S/C15H20F2N2O2.ClH/c1-9(11-2-3-12(16)13(17)8-11)19-15(20)14(18)10-4-6-21-7-5-10;/h2-3,8-10,14H,4-7,18H2,1H3,(H,19,20);1H. The van der Waals surface area contributed by atoms with Gasteiger partial charge >= 0.3 is 0 Å². The lowest BCUT2D eigenvalue weighted by molar-refractivity contribution is -0.125. The summed E-state index contributed by atoms with van der Waals surface area (Å²) in [7, 11) is 0. The average Bonchev–Trinajstić information content (AvgIpc) is 2.50. The molecule has 1 fully saturated rings. The molecular weight excluding hydrogens is 314 g/mol. The molecule has 7 heteroatoms. The van der Waals surface area contributed by atoms with Crippen LogP contribution in [0.4, 0.5) is 8.78 Å². The van der Waals surface area contributed by atoms with Crippen LogP contribution < -0.4 is 11.1 Å². The Labute approximate surface area is 134 Å². The molecule has 2 rings (SSSR count). The normalized spacial score (nSPS) is 18.2. The van der Waals surface area contributed by atoms with E-state index in [1.807, 2.05) is 0 Å². The molecule has 1 heterocycles. The molecular formula is C15H21ClF2N2O2. The maximum atomic E-state index is 13.2. The fourth-order valence-electron chi connectivity index (χ4n) is 2.46. The maximum absolute atomic E-state index is 13.2. The third kappa shape index (κ3) is 4.63. The highest BCUT2D eigenvalue weighted by Crippen LogP contribution is 2.20. The summed E-state index contributed by atoms with van der Waals surface area (Å²) in [5.74, 6) is -2.02. The lowest BCUT2D eigenvalue weighted by Crippen LogP contribution is -2.47. The predicted octanol–water partition coefficient (Wildman–Crippen LogP) is 2.32. The highest BCUT2D eigenvalue weighted by atomic mass is 35.5. The van der Waals surface area contributed by atoms with Gasteiger partial charge in [-0.2, -0.15) is 0 Å². The van der Waals surface area contributed by atoms with Crippen LogP contribution in [0.15, 0.2) is 18.2 Å². The predicted molar refractivity (Wildman–Crippen MR) is 81.7 cm³/mol. The van der Waals surface area contributed by atoms with E-state index in [1.54, 1.807) is 6.92 Å². The van der Waals surface area contributed by atoms with Crippen LogP contribution in [-0.2, 0) is 9.53 Å². The number of rotatable bonds is 4. The van der Waals surface area contributed by atoms with E-state index in [0.29, 0.717) is 18.8 Å². The van der Waals surface area contributed by atoms with Gasteiger partial charge in [-0.25, -0.2) is 8.78 Å². The number of ether oxygens (including phenoxy) is 1. The van der Waals surface area contributed by atoms with Gasteiger partial charge in [0.25, 0.3) is 0 Å². The zero-order valence-corrected chi connectivity index (χ0v) is 13.2. The quantitative estimate of drug-likeness (QED) is 0.888. The molecule has 2 atom stereocenters. The summed E-state index contributed by atoms with van der Waals surface area (Å²) in [6.45, 7) is 2.94. The van der Waals surface area contributed by atoms with Crippen LogP contribution in [0, 0.1) is 17.6 Å². The second-order valence-corrected chi connectivity index (χ2v) is 5.38. The summed E-state index contributed by atoms with van der Waals surface area (Å²) in [6, 6.07) is 2.54. The molecule has 2 unspecified atom stereocenters. The van der Waals surface area contributed by atoms with E-state index in [2.05, 4.69) is 5.32 Å². The zero-order valence-electron chi connectivity index (χ0n) is 12.4. The minimum Gasteiger partial charge on any atom is -0.381 e. The Morgan fingerprint density at radius 1 is 1.32 bits per heavy atom. The SMILES string of the molecule is CC(NC(=O)C(N)C1CCOCC1)c1ccc(F)c(F)c1.Cl. The number of halogens is 3. The molecule has 1 aromatic carbocycles. The van der Waals surface area contributed by atoms with Crippen LogP contribution in [0.5, 0.6) is 0 Å². The summed E-state index contributed by atoms with van der Waals surface area (Å²) in [5, 5.41) is 2.75. The van der Waals surface area contributed by atoms with E-state index >= 15 is 0 Å². The van der Waals surface area contributed by atoms with Gasteiger partial charge in [0.15, 0.2) is 11.6 Å². The molecule has 0 bridgehead atoms. The number of hydrogen-bond acceptors (Lipinski definition) is 3. The van der Waals surface area contributed by atoms with Gasteiger partial charge < -0.3 is 15.8 Å². The van der Waals surface area contributed by atoms with Crippen molar-refractivity contribution < 1.29 is 18.3 Å². The van der Waals surface area contributed by atoms with Crippen molar-refractivity contribution in [2.24, 2.45) is 11.7 Å². The minimum absolute atomic E-state index is 0. The topological polar surface area (TPSA) is 64.4 Å². The average molecular weight is 335 g/mol.